The van der Waals surface area contributed by atoms with Gasteiger partial charge in [0, 0.05) is 18.4 Å². The van der Waals surface area contributed by atoms with Crippen LogP contribution in [0.1, 0.15) is 11.4 Å². The Morgan fingerprint density at radius 1 is 1.31 bits per heavy atom. The monoisotopic (exact) mass is 216 g/mol. The summed E-state index contributed by atoms with van der Waals surface area (Å²) >= 11 is 0. The number of hydrogen-bond donors (Lipinski definition) is 2. The fourth-order valence-corrected chi connectivity index (χ4v) is 1.55. The molecule has 0 aliphatic heterocycles. The molecule has 0 saturated heterocycles. The Balaban J connectivity index is 2.02. The van der Waals surface area contributed by atoms with E-state index in [4.69, 9.17) is 5.73 Å². The van der Waals surface area contributed by atoms with Crippen LogP contribution in [0.3, 0.4) is 0 Å². The van der Waals surface area contributed by atoms with Crippen molar-refractivity contribution in [2.75, 3.05) is 11.1 Å². The smallest absolute Gasteiger partial charge is 0.123 e. The normalized spacial score (nSPS) is 10.4. The van der Waals surface area contributed by atoms with E-state index in [1.807, 2.05) is 6.07 Å². The number of nitrogens with one attached hydrogen (secondary N) is 1. The van der Waals surface area contributed by atoms with Crippen molar-refractivity contribution in [2.24, 2.45) is 7.05 Å². The standard InChI is InChI=1S/C12H16N4/c1-9-3-5-11(16(9)2)8-14-10-4-6-12(13)15-7-10/h3-7,14H,8H2,1-2H3,(H2,13,15). The molecule has 2 aromatic heterocycles. The molecule has 2 rings (SSSR count). The maximum absolute atomic E-state index is 5.52. The van der Waals surface area contributed by atoms with Crippen molar-refractivity contribution in [3.05, 3.63) is 41.9 Å². The quantitative estimate of drug-likeness (QED) is 0.824. The number of hydrogen-bond acceptors (Lipinski definition) is 3. The van der Waals surface area contributed by atoms with Crippen LogP contribution in [0.4, 0.5) is 11.5 Å². The van der Waals surface area contributed by atoms with E-state index in [2.05, 4.69) is 41.0 Å². The van der Waals surface area contributed by atoms with Gasteiger partial charge in [0.05, 0.1) is 18.4 Å². The minimum absolute atomic E-state index is 0.542. The summed E-state index contributed by atoms with van der Waals surface area (Å²) in [5, 5.41) is 3.30. The van der Waals surface area contributed by atoms with E-state index in [0.29, 0.717) is 5.82 Å². The zero-order chi connectivity index (χ0) is 11.5. The van der Waals surface area contributed by atoms with Crippen molar-refractivity contribution < 1.29 is 0 Å². The Labute approximate surface area is 95.1 Å². The zero-order valence-corrected chi connectivity index (χ0v) is 9.57. The lowest BCUT2D eigenvalue weighted by molar-refractivity contribution is 0.812. The second kappa shape index (κ2) is 4.26. The van der Waals surface area contributed by atoms with Crippen LogP contribution in [-0.2, 0) is 13.6 Å². The molecule has 0 atom stereocenters. The van der Waals surface area contributed by atoms with Crippen molar-refractivity contribution in [3.63, 3.8) is 0 Å². The molecule has 84 valence electrons. The molecule has 0 spiro atoms. The fraction of sp³-hybridized carbons (Fsp3) is 0.250. The summed E-state index contributed by atoms with van der Waals surface area (Å²) in [5.41, 5.74) is 9.00. The SMILES string of the molecule is Cc1ccc(CNc2ccc(N)nc2)n1C. The van der Waals surface area contributed by atoms with Gasteiger partial charge in [-0.25, -0.2) is 4.98 Å². The van der Waals surface area contributed by atoms with Crippen molar-refractivity contribution in [1.82, 2.24) is 9.55 Å². The number of nitrogen functional groups attached to an aromatic ring is 1. The van der Waals surface area contributed by atoms with Gasteiger partial charge in [-0.15, -0.1) is 0 Å². The van der Waals surface area contributed by atoms with Gasteiger partial charge >= 0.3 is 0 Å². The number of rotatable bonds is 3. The Kier molecular flexibility index (Phi) is 2.81. The van der Waals surface area contributed by atoms with Gasteiger partial charge < -0.3 is 15.6 Å². The van der Waals surface area contributed by atoms with Gasteiger partial charge in [0.15, 0.2) is 0 Å². The van der Waals surface area contributed by atoms with Crippen molar-refractivity contribution in [1.29, 1.82) is 0 Å². The van der Waals surface area contributed by atoms with Crippen LogP contribution in [0.5, 0.6) is 0 Å². The van der Waals surface area contributed by atoms with E-state index in [1.54, 1.807) is 12.3 Å². The Morgan fingerprint density at radius 2 is 2.12 bits per heavy atom. The number of anilines is 2. The molecule has 3 N–H and O–H groups in total. The van der Waals surface area contributed by atoms with Gasteiger partial charge in [0.25, 0.3) is 0 Å². The molecule has 4 heteroatoms. The summed E-state index contributed by atoms with van der Waals surface area (Å²) in [5.74, 6) is 0.542. The van der Waals surface area contributed by atoms with Crippen LogP contribution in [0.2, 0.25) is 0 Å². The number of aryl methyl sites for hydroxylation is 1. The zero-order valence-electron chi connectivity index (χ0n) is 9.57. The summed E-state index contributed by atoms with van der Waals surface area (Å²) in [7, 11) is 2.06. The van der Waals surface area contributed by atoms with E-state index >= 15 is 0 Å². The molecule has 0 fully saturated rings. The highest BCUT2D eigenvalue weighted by atomic mass is 15.0. The highest BCUT2D eigenvalue weighted by Crippen LogP contribution is 2.11. The van der Waals surface area contributed by atoms with Crippen molar-refractivity contribution in [3.8, 4) is 0 Å². The van der Waals surface area contributed by atoms with Gasteiger partial charge in [-0.05, 0) is 31.2 Å². The summed E-state index contributed by atoms with van der Waals surface area (Å²) in [6.45, 7) is 2.88. The second-order valence-electron chi connectivity index (χ2n) is 3.85. The summed E-state index contributed by atoms with van der Waals surface area (Å²) in [6.07, 6.45) is 1.74. The third kappa shape index (κ3) is 2.16. The minimum atomic E-state index is 0.542. The van der Waals surface area contributed by atoms with E-state index in [-0.39, 0.29) is 0 Å². The molecule has 4 nitrogen and oxygen atoms in total. The van der Waals surface area contributed by atoms with Crippen LogP contribution in [0.25, 0.3) is 0 Å². The van der Waals surface area contributed by atoms with Gasteiger partial charge in [-0.3, -0.25) is 0 Å². The molecule has 0 aliphatic rings. The number of nitrogens with two attached hydrogens (primary N) is 1. The van der Waals surface area contributed by atoms with E-state index in [0.717, 1.165) is 12.2 Å². The lowest BCUT2D eigenvalue weighted by Crippen LogP contribution is -2.05. The van der Waals surface area contributed by atoms with E-state index in [1.165, 1.54) is 11.4 Å². The Morgan fingerprint density at radius 3 is 2.69 bits per heavy atom. The van der Waals surface area contributed by atoms with Gasteiger partial charge in [-0.2, -0.15) is 0 Å². The third-order valence-corrected chi connectivity index (χ3v) is 2.74. The van der Waals surface area contributed by atoms with Crippen LogP contribution in [-0.4, -0.2) is 9.55 Å². The number of aromatic nitrogens is 2. The van der Waals surface area contributed by atoms with Crippen molar-refractivity contribution >= 4 is 11.5 Å². The van der Waals surface area contributed by atoms with Gasteiger partial charge in [0.1, 0.15) is 5.82 Å². The largest absolute Gasteiger partial charge is 0.384 e. The van der Waals surface area contributed by atoms with Crippen molar-refractivity contribution in [2.45, 2.75) is 13.5 Å². The average molecular weight is 216 g/mol. The molecule has 16 heavy (non-hydrogen) atoms. The third-order valence-electron chi connectivity index (χ3n) is 2.74. The predicted molar refractivity (Wildman–Crippen MR) is 66.1 cm³/mol. The molecular formula is C12H16N4. The molecule has 0 bridgehead atoms. The van der Waals surface area contributed by atoms with Crippen LogP contribution in [0, 0.1) is 6.92 Å². The average Bonchev–Trinajstić information content (AvgIpc) is 2.60. The highest BCUT2D eigenvalue weighted by molar-refractivity contribution is 5.45. The lowest BCUT2D eigenvalue weighted by atomic mass is 10.3. The molecule has 2 aromatic rings. The number of nitrogens with zero attached hydrogens (tertiary/aromatic N) is 2. The first-order valence-electron chi connectivity index (χ1n) is 5.23. The van der Waals surface area contributed by atoms with E-state index < -0.39 is 0 Å². The van der Waals surface area contributed by atoms with Crippen LogP contribution in [0.15, 0.2) is 30.5 Å². The molecule has 0 unspecified atom stereocenters. The Hall–Kier alpha value is -1.97. The highest BCUT2D eigenvalue weighted by Gasteiger charge is 2.00. The van der Waals surface area contributed by atoms with Crippen LogP contribution < -0.4 is 11.1 Å². The topological polar surface area (TPSA) is 55.9 Å². The summed E-state index contributed by atoms with van der Waals surface area (Å²) < 4.78 is 2.16. The van der Waals surface area contributed by atoms with Crippen LogP contribution >= 0.6 is 0 Å². The molecule has 0 radical (unpaired) electrons. The molecule has 0 amide bonds. The first-order chi connectivity index (χ1) is 7.66. The Bertz CT molecular complexity index is 470. The molecule has 0 aliphatic carbocycles. The van der Waals surface area contributed by atoms with Gasteiger partial charge in [-0.1, -0.05) is 0 Å². The van der Waals surface area contributed by atoms with Gasteiger partial charge in [0.2, 0.25) is 0 Å². The number of pyridine rings is 1. The summed E-state index contributed by atoms with van der Waals surface area (Å²) in [4.78, 5) is 4.03. The maximum atomic E-state index is 5.52. The first kappa shape index (κ1) is 10.5. The molecule has 2 heterocycles. The fourth-order valence-electron chi connectivity index (χ4n) is 1.55. The first-order valence-corrected chi connectivity index (χ1v) is 5.23. The molecule has 0 aromatic carbocycles. The maximum Gasteiger partial charge on any atom is 0.123 e. The molecular weight excluding hydrogens is 200 g/mol. The predicted octanol–water partition coefficient (Wildman–Crippen LogP) is 1.92. The minimum Gasteiger partial charge on any atom is -0.384 e. The summed E-state index contributed by atoms with van der Waals surface area (Å²) in [6, 6.07) is 7.95. The lowest BCUT2D eigenvalue weighted by Gasteiger charge is -2.08. The van der Waals surface area contributed by atoms with E-state index in [9.17, 15) is 0 Å². The second-order valence-corrected chi connectivity index (χ2v) is 3.85. The molecule has 0 saturated carbocycles.